The Morgan fingerprint density at radius 2 is 2.00 bits per heavy atom. The van der Waals surface area contributed by atoms with Gasteiger partial charge in [-0.25, -0.2) is 9.97 Å². The van der Waals surface area contributed by atoms with E-state index in [1.54, 1.807) is 18.2 Å². The third-order valence-corrected chi connectivity index (χ3v) is 4.65. The number of amides is 1. The highest BCUT2D eigenvalue weighted by Gasteiger charge is 2.15. The van der Waals surface area contributed by atoms with Crippen LogP contribution in [0.2, 0.25) is 0 Å². The molecule has 0 unspecified atom stereocenters. The zero-order valence-corrected chi connectivity index (χ0v) is 14.2. The normalized spacial score (nSPS) is 13.6. The molecule has 2 heterocycles. The fourth-order valence-electron chi connectivity index (χ4n) is 3.33. The van der Waals surface area contributed by atoms with Crippen molar-refractivity contribution in [3.63, 3.8) is 0 Å². The first-order valence-electron chi connectivity index (χ1n) is 8.65. The fourth-order valence-corrected chi connectivity index (χ4v) is 3.33. The molecule has 0 spiro atoms. The number of nitrogens with zero attached hydrogens (tertiary/aromatic N) is 4. The molecule has 2 N–H and O–H groups in total. The van der Waals surface area contributed by atoms with E-state index >= 15 is 0 Å². The van der Waals surface area contributed by atoms with E-state index in [2.05, 4.69) is 32.6 Å². The van der Waals surface area contributed by atoms with Crippen LogP contribution in [0.3, 0.4) is 0 Å². The molecule has 2 aromatic heterocycles. The monoisotopic (exact) mass is 336 g/mol. The van der Waals surface area contributed by atoms with Gasteiger partial charge in [0.1, 0.15) is 16.9 Å². The number of fused-ring (bicyclic) bond motifs is 2. The highest BCUT2D eigenvalue weighted by atomic mass is 16.1. The predicted molar refractivity (Wildman–Crippen MR) is 93.3 cm³/mol. The molecule has 4 rings (SSSR count). The fraction of sp³-hybridized carbons (Fsp3) is 0.389. The van der Waals surface area contributed by atoms with Crippen LogP contribution in [0.1, 0.15) is 46.0 Å². The van der Waals surface area contributed by atoms with Crippen LogP contribution >= 0.6 is 0 Å². The van der Waals surface area contributed by atoms with Gasteiger partial charge in [0.05, 0.1) is 0 Å². The summed E-state index contributed by atoms with van der Waals surface area (Å²) in [4.78, 5) is 21.6. The number of hydrogen-bond acceptors (Lipinski definition) is 5. The summed E-state index contributed by atoms with van der Waals surface area (Å²) < 4.78 is 0. The third kappa shape index (κ3) is 3.22. The number of aromatic amines is 1. The molecule has 0 atom stereocenters. The lowest BCUT2D eigenvalue weighted by molar-refractivity contribution is 0.0954. The Labute approximate surface area is 145 Å². The Morgan fingerprint density at radius 1 is 1.16 bits per heavy atom. The van der Waals surface area contributed by atoms with Crippen LogP contribution in [0.25, 0.3) is 11.0 Å². The van der Waals surface area contributed by atoms with E-state index < -0.39 is 0 Å². The minimum absolute atomic E-state index is 0.125. The van der Waals surface area contributed by atoms with Gasteiger partial charge < -0.3 is 5.32 Å². The summed E-state index contributed by atoms with van der Waals surface area (Å²) in [7, 11) is 0. The maximum atomic E-state index is 12.3. The van der Waals surface area contributed by atoms with Gasteiger partial charge in [0.25, 0.3) is 5.91 Å². The second-order valence-corrected chi connectivity index (χ2v) is 6.39. The molecular formula is C18H20N6O. The molecule has 7 heteroatoms. The van der Waals surface area contributed by atoms with Gasteiger partial charge in [0.2, 0.25) is 0 Å². The number of carbonyl (C=O) groups excluding carboxylic acids is 1. The van der Waals surface area contributed by atoms with Crippen LogP contribution in [-0.2, 0) is 19.3 Å². The Balaban J connectivity index is 1.40. The van der Waals surface area contributed by atoms with Crippen molar-refractivity contribution in [3.05, 3.63) is 46.5 Å². The van der Waals surface area contributed by atoms with Crippen molar-refractivity contribution < 1.29 is 4.79 Å². The van der Waals surface area contributed by atoms with E-state index in [4.69, 9.17) is 4.98 Å². The first-order valence-corrected chi connectivity index (χ1v) is 8.65. The van der Waals surface area contributed by atoms with Crippen molar-refractivity contribution in [2.45, 2.75) is 39.0 Å². The van der Waals surface area contributed by atoms with E-state index in [1.165, 1.54) is 24.1 Å². The average molecular weight is 336 g/mol. The molecule has 0 saturated carbocycles. The summed E-state index contributed by atoms with van der Waals surface area (Å²) in [5, 5.41) is 13.5. The van der Waals surface area contributed by atoms with E-state index in [-0.39, 0.29) is 5.91 Å². The average Bonchev–Trinajstić information content (AvgIpc) is 3.09. The highest BCUT2D eigenvalue weighted by Crippen LogP contribution is 2.21. The van der Waals surface area contributed by atoms with E-state index in [9.17, 15) is 4.79 Å². The van der Waals surface area contributed by atoms with Crippen LogP contribution in [0.15, 0.2) is 18.2 Å². The quantitative estimate of drug-likeness (QED) is 0.758. The molecule has 1 aliphatic carbocycles. The number of rotatable bonds is 4. The Kier molecular flexibility index (Phi) is 4.13. The van der Waals surface area contributed by atoms with Crippen molar-refractivity contribution in [1.82, 2.24) is 30.7 Å². The number of nitrogens with one attached hydrogen (secondary N) is 2. The lowest BCUT2D eigenvalue weighted by atomic mass is 9.95. The van der Waals surface area contributed by atoms with Gasteiger partial charge in [0, 0.05) is 29.9 Å². The number of benzene rings is 1. The standard InChI is InChI=1S/C18H20N6O/c1-11-13-4-2-3-5-14(13)21-17(20-11)8-9-19-18(25)12-6-7-15-16(10-12)23-24-22-15/h6-7,10H,2-5,8-9H2,1H3,(H,19,25)(H,22,23,24). The van der Waals surface area contributed by atoms with Crippen molar-refractivity contribution in [1.29, 1.82) is 0 Å². The SMILES string of the molecule is Cc1nc(CCNC(=O)c2ccc3n[nH]nc3c2)nc2c1CCCC2. The van der Waals surface area contributed by atoms with Crippen molar-refractivity contribution in [2.75, 3.05) is 6.54 Å². The number of aryl methyl sites for hydroxylation is 2. The van der Waals surface area contributed by atoms with Crippen LogP contribution in [0.4, 0.5) is 0 Å². The lowest BCUT2D eigenvalue weighted by Crippen LogP contribution is -2.26. The summed E-state index contributed by atoms with van der Waals surface area (Å²) in [5.41, 5.74) is 5.60. The van der Waals surface area contributed by atoms with Crippen molar-refractivity contribution in [2.24, 2.45) is 0 Å². The largest absolute Gasteiger partial charge is 0.352 e. The number of hydrogen-bond donors (Lipinski definition) is 2. The first-order chi connectivity index (χ1) is 12.2. The molecule has 1 aromatic carbocycles. The van der Waals surface area contributed by atoms with Gasteiger partial charge in [-0.05, 0) is 56.4 Å². The maximum Gasteiger partial charge on any atom is 0.251 e. The zero-order chi connectivity index (χ0) is 17.2. The number of carbonyl (C=O) groups is 1. The predicted octanol–water partition coefficient (Wildman–Crippen LogP) is 1.91. The lowest BCUT2D eigenvalue weighted by Gasteiger charge is -2.17. The molecular weight excluding hydrogens is 316 g/mol. The second-order valence-electron chi connectivity index (χ2n) is 6.39. The molecule has 0 fully saturated rings. The summed E-state index contributed by atoms with van der Waals surface area (Å²) in [6.45, 7) is 2.56. The minimum Gasteiger partial charge on any atom is -0.352 e. The first kappa shape index (κ1) is 15.7. The summed E-state index contributed by atoms with van der Waals surface area (Å²) in [5.74, 6) is 0.685. The second kappa shape index (κ2) is 6.58. The molecule has 0 aliphatic heterocycles. The zero-order valence-electron chi connectivity index (χ0n) is 14.2. The molecule has 1 amide bonds. The van der Waals surface area contributed by atoms with Crippen LogP contribution in [-0.4, -0.2) is 37.8 Å². The molecule has 3 aromatic rings. The van der Waals surface area contributed by atoms with Gasteiger partial charge in [0.15, 0.2) is 0 Å². The molecule has 0 saturated heterocycles. The van der Waals surface area contributed by atoms with E-state index in [0.29, 0.717) is 24.0 Å². The van der Waals surface area contributed by atoms with Gasteiger partial charge in [-0.3, -0.25) is 4.79 Å². The maximum absolute atomic E-state index is 12.3. The molecule has 0 radical (unpaired) electrons. The van der Waals surface area contributed by atoms with Crippen molar-refractivity contribution in [3.8, 4) is 0 Å². The highest BCUT2D eigenvalue weighted by molar-refractivity contribution is 5.97. The van der Waals surface area contributed by atoms with E-state index in [1.807, 2.05) is 0 Å². The Morgan fingerprint density at radius 3 is 2.92 bits per heavy atom. The summed E-state index contributed by atoms with van der Waals surface area (Å²) in [6.07, 6.45) is 5.18. The molecule has 0 bridgehead atoms. The Hall–Kier alpha value is -2.83. The van der Waals surface area contributed by atoms with Crippen molar-refractivity contribution >= 4 is 16.9 Å². The smallest absolute Gasteiger partial charge is 0.251 e. The van der Waals surface area contributed by atoms with Gasteiger partial charge in [-0.15, -0.1) is 0 Å². The third-order valence-electron chi connectivity index (χ3n) is 4.65. The molecule has 25 heavy (non-hydrogen) atoms. The minimum atomic E-state index is -0.125. The molecule has 7 nitrogen and oxygen atoms in total. The van der Waals surface area contributed by atoms with Gasteiger partial charge in [-0.1, -0.05) is 0 Å². The Bertz CT molecular complexity index is 932. The number of aromatic nitrogens is 5. The molecule has 128 valence electrons. The summed E-state index contributed by atoms with van der Waals surface area (Å²) in [6, 6.07) is 5.26. The van der Waals surface area contributed by atoms with Crippen LogP contribution < -0.4 is 5.32 Å². The van der Waals surface area contributed by atoms with Gasteiger partial charge in [-0.2, -0.15) is 15.4 Å². The summed E-state index contributed by atoms with van der Waals surface area (Å²) >= 11 is 0. The van der Waals surface area contributed by atoms with Crippen LogP contribution in [0, 0.1) is 6.92 Å². The topological polar surface area (TPSA) is 96.5 Å². The number of H-pyrrole nitrogens is 1. The van der Waals surface area contributed by atoms with Gasteiger partial charge >= 0.3 is 0 Å². The molecule has 1 aliphatic rings. The van der Waals surface area contributed by atoms with E-state index in [0.717, 1.165) is 29.9 Å². The van der Waals surface area contributed by atoms with Crippen LogP contribution in [0.5, 0.6) is 0 Å².